The summed E-state index contributed by atoms with van der Waals surface area (Å²) in [6, 6.07) is 0. The van der Waals surface area contributed by atoms with Gasteiger partial charge < -0.3 is 14.7 Å². The molecule has 1 aliphatic heterocycles. The van der Waals surface area contributed by atoms with E-state index in [9.17, 15) is 14.0 Å². The van der Waals surface area contributed by atoms with Crippen molar-refractivity contribution in [3.63, 3.8) is 0 Å². The summed E-state index contributed by atoms with van der Waals surface area (Å²) in [7, 11) is 0. The third-order valence-corrected chi connectivity index (χ3v) is 3.20. The van der Waals surface area contributed by atoms with Gasteiger partial charge >= 0.3 is 12.1 Å². The maximum absolute atomic E-state index is 12.4. The lowest BCUT2D eigenvalue weighted by molar-refractivity contribution is -0.145. The summed E-state index contributed by atoms with van der Waals surface area (Å²) in [6.45, 7) is 5.26. The first kappa shape index (κ1) is 15.7. The summed E-state index contributed by atoms with van der Waals surface area (Å²) in [4.78, 5) is 24.5. The number of halogens is 1. The molecule has 0 aromatic rings. The number of carbonyl (C=O) groups excluding carboxylic acids is 1. The summed E-state index contributed by atoms with van der Waals surface area (Å²) in [5.74, 6) is -1.90. The fraction of sp³-hybridized carbons (Fsp3) is 0.846. The minimum atomic E-state index is -0.980. The maximum Gasteiger partial charge on any atom is 0.410 e. The number of hydrogen-bond donors (Lipinski definition) is 1. The van der Waals surface area contributed by atoms with E-state index in [0.29, 0.717) is 13.0 Å². The first-order valence-electron chi connectivity index (χ1n) is 6.51. The van der Waals surface area contributed by atoms with Crippen molar-refractivity contribution in [3.05, 3.63) is 0 Å². The second kappa shape index (κ2) is 6.21. The van der Waals surface area contributed by atoms with E-state index in [-0.39, 0.29) is 18.9 Å². The van der Waals surface area contributed by atoms with Crippen molar-refractivity contribution in [2.24, 2.45) is 11.8 Å². The number of amides is 1. The highest BCUT2D eigenvalue weighted by Crippen LogP contribution is 2.28. The third kappa shape index (κ3) is 4.69. The van der Waals surface area contributed by atoms with Gasteiger partial charge in [0.05, 0.1) is 12.6 Å². The van der Waals surface area contributed by atoms with Gasteiger partial charge in [-0.25, -0.2) is 4.79 Å². The molecule has 2 atom stereocenters. The lowest BCUT2D eigenvalue weighted by Gasteiger charge is -2.36. The zero-order valence-electron chi connectivity index (χ0n) is 11.7. The number of likely N-dealkylation sites (tertiary alicyclic amines) is 1. The zero-order chi connectivity index (χ0) is 14.6. The minimum absolute atomic E-state index is 0.0922. The van der Waals surface area contributed by atoms with Crippen molar-refractivity contribution < 1.29 is 23.8 Å². The molecule has 1 amide bonds. The van der Waals surface area contributed by atoms with E-state index in [4.69, 9.17) is 9.84 Å². The fourth-order valence-electron chi connectivity index (χ4n) is 2.26. The van der Waals surface area contributed by atoms with Crippen molar-refractivity contribution in [3.8, 4) is 0 Å². The monoisotopic (exact) mass is 275 g/mol. The van der Waals surface area contributed by atoms with Crippen molar-refractivity contribution in [2.45, 2.75) is 39.2 Å². The molecule has 0 aliphatic carbocycles. The van der Waals surface area contributed by atoms with Crippen LogP contribution in [-0.4, -0.2) is 47.4 Å². The Morgan fingerprint density at radius 2 is 2.05 bits per heavy atom. The molecule has 0 spiro atoms. The van der Waals surface area contributed by atoms with Crippen LogP contribution in [0.5, 0.6) is 0 Å². The molecule has 0 radical (unpaired) electrons. The first-order chi connectivity index (χ1) is 8.74. The molecule has 1 aliphatic rings. The van der Waals surface area contributed by atoms with Crippen LogP contribution in [0.25, 0.3) is 0 Å². The highest BCUT2D eigenvalue weighted by molar-refractivity contribution is 5.73. The summed E-state index contributed by atoms with van der Waals surface area (Å²) < 4.78 is 17.6. The molecule has 2 unspecified atom stereocenters. The van der Waals surface area contributed by atoms with Gasteiger partial charge in [-0.15, -0.1) is 0 Å². The molecule has 110 valence electrons. The second-order valence-corrected chi connectivity index (χ2v) is 5.90. The van der Waals surface area contributed by atoms with E-state index in [1.54, 1.807) is 20.8 Å². The van der Waals surface area contributed by atoms with Crippen LogP contribution in [0, 0.1) is 11.8 Å². The molecule has 1 rings (SSSR count). The lowest BCUT2D eigenvalue weighted by atomic mass is 9.83. The van der Waals surface area contributed by atoms with Gasteiger partial charge in [0.2, 0.25) is 0 Å². The SMILES string of the molecule is CC(C)(C)OC(=O)N1CCC(CCF)C(C(=O)O)C1. The Morgan fingerprint density at radius 3 is 2.53 bits per heavy atom. The molecule has 5 nitrogen and oxygen atoms in total. The first-order valence-corrected chi connectivity index (χ1v) is 6.51. The van der Waals surface area contributed by atoms with E-state index in [0.717, 1.165) is 0 Å². The van der Waals surface area contributed by atoms with Crippen LogP contribution in [0.2, 0.25) is 0 Å². The fourth-order valence-corrected chi connectivity index (χ4v) is 2.26. The van der Waals surface area contributed by atoms with Gasteiger partial charge in [-0.2, -0.15) is 0 Å². The largest absolute Gasteiger partial charge is 0.481 e. The molecule has 0 saturated carbocycles. The van der Waals surface area contributed by atoms with E-state index in [1.165, 1.54) is 4.90 Å². The van der Waals surface area contributed by atoms with Gasteiger partial charge in [0, 0.05) is 13.1 Å². The molecule has 19 heavy (non-hydrogen) atoms. The predicted molar refractivity (Wildman–Crippen MR) is 67.6 cm³/mol. The van der Waals surface area contributed by atoms with E-state index >= 15 is 0 Å². The van der Waals surface area contributed by atoms with Crippen molar-refractivity contribution >= 4 is 12.1 Å². The average Bonchev–Trinajstić information content (AvgIpc) is 2.27. The number of rotatable bonds is 3. The van der Waals surface area contributed by atoms with Crippen LogP contribution < -0.4 is 0 Å². The maximum atomic E-state index is 12.4. The Kier molecular flexibility index (Phi) is 5.14. The third-order valence-electron chi connectivity index (χ3n) is 3.20. The standard InChI is InChI=1S/C13H22FNO4/c1-13(2,3)19-12(18)15-7-5-9(4-6-14)10(8-15)11(16)17/h9-10H,4-8H2,1-3H3,(H,16,17). The van der Waals surface area contributed by atoms with Gasteiger partial charge in [-0.05, 0) is 39.5 Å². The summed E-state index contributed by atoms with van der Waals surface area (Å²) >= 11 is 0. The molecule has 1 N–H and O–H groups in total. The number of ether oxygens (including phenoxy) is 1. The number of carboxylic acid groups (broad SMARTS) is 1. The smallest absolute Gasteiger partial charge is 0.410 e. The number of piperidine rings is 1. The summed E-state index contributed by atoms with van der Waals surface area (Å²) in [5, 5.41) is 9.17. The normalized spacial score (nSPS) is 24.1. The zero-order valence-corrected chi connectivity index (χ0v) is 11.7. The Labute approximate surface area is 112 Å². The number of nitrogens with zero attached hydrogens (tertiary/aromatic N) is 1. The molecule has 6 heteroatoms. The number of carbonyl (C=O) groups is 2. The lowest BCUT2D eigenvalue weighted by Crippen LogP contribution is -2.48. The Morgan fingerprint density at radius 1 is 1.42 bits per heavy atom. The van der Waals surface area contributed by atoms with Crippen molar-refractivity contribution in [2.75, 3.05) is 19.8 Å². The Bertz CT molecular complexity index is 340. The highest BCUT2D eigenvalue weighted by Gasteiger charge is 2.37. The van der Waals surface area contributed by atoms with E-state index in [1.807, 2.05) is 0 Å². The van der Waals surface area contributed by atoms with Gasteiger partial charge in [0.25, 0.3) is 0 Å². The van der Waals surface area contributed by atoms with Crippen LogP contribution in [0.4, 0.5) is 9.18 Å². The van der Waals surface area contributed by atoms with E-state index < -0.39 is 30.3 Å². The molecule has 0 aromatic carbocycles. The molecular formula is C13H22FNO4. The quantitative estimate of drug-likeness (QED) is 0.858. The van der Waals surface area contributed by atoms with Gasteiger partial charge in [0.15, 0.2) is 0 Å². The number of carboxylic acids is 1. The van der Waals surface area contributed by atoms with Crippen molar-refractivity contribution in [1.82, 2.24) is 4.90 Å². The van der Waals surface area contributed by atoms with Gasteiger partial charge in [-0.1, -0.05) is 0 Å². The molecule has 0 bridgehead atoms. The number of aliphatic carboxylic acids is 1. The molecule has 1 saturated heterocycles. The highest BCUT2D eigenvalue weighted by atomic mass is 19.1. The molecular weight excluding hydrogens is 253 g/mol. The topological polar surface area (TPSA) is 66.8 Å². The van der Waals surface area contributed by atoms with Gasteiger partial charge in [-0.3, -0.25) is 9.18 Å². The number of hydrogen-bond acceptors (Lipinski definition) is 3. The number of alkyl halides is 1. The Balaban J connectivity index is 2.66. The van der Waals surface area contributed by atoms with Crippen LogP contribution in [0.1, 0.15) is 33.6 Å². The molecule has 1 heterocycles. The van der Waals surface area contributed by atoms with Crippen LogP contribution in [0.3, 0.4) is 0 Å². The predicted octanol–water partition coefficient (Wildman–Crippen LogP) is 2.30. The Hall–Kier alpha value is -1.33. The van der Waals surface area contributed by atoms with Crippen LogP contribution in [0.15, 0.2) is 0 Å². The summed E-state index contributed by atoms with van der Waals surface area (Å²) in [6.07, 6.45) is 0.233. The second-order valence-electron chi connectivity index (χ2n) is 5.90. The molecule has 0 aromatic heterocycles. The summed E-state index contributed by atoms with van der Waals surface area (Å²) in [5.41, 5.74) is -0.606. The van der Waals surface area contributed by atoms with Crippen LogP contribution >= 0.6 is 0 Å². The van der Waals surface area contributed by atoms with Crippen molar-refractivity contribution in [1.29, 1.82) is 0 Å². The minimum Gasteiger partial charge on any atom is -0.481 e. The average molecular weight is 275 g/mol. The molecule has 1 fully saturated rings. The van der Waals surface area contributed by atoms with Gasteiger partial charge in [0.1, 0.15) is 5.60 Å². The van der Waals surface area contributed by atoms with E-state index in [2.05, 4.69) is 0 Å². The van der Waals surface area contributed by atoms with Crippen LogP contribution in [-0.2, 0) is 9.53 Å².